The van der Waals surface area contributed by atoms with Crippen molar-refractivity contribution in [1.82, 2.24) is 14.5 Å². The van der Waals surface area contributed by atoms with E-state index in [0.717, 1.165) is 35.6 Å². The SMILES string of the molecule is CCn1c(SCC(=O)N2CC(C(N)=O)CCC2C)nc2ccccc21. The standard InChI is InChI=1S/C18H24N4O2S/c1-3-21-15-7-5-4-6-14(15)20-18(21)25-11-16(23)22-10-13(17(19)24)9-8-12(22)2/h4-7,12-13H,3,8-11H2,1-2H3,(H2,19,24). The van der Waals surface area contributed by atoms with E-state index < -0.39 is 0 Å². The summed E-state index contributed by atoms with van der Waals surface area (Å²) in [5.74, 6) is -0.187. The number of hydrogen-bond acceptors (Lipinski definition) is 4. The number of carbonyl (C=O) groups excluding carboxylic acids is 2. The first-order chi connectivity index (χ1) is 12.0. The van der Waals surface area contributed by atoms with Crippen LogP contribution in [-0.4, -0.2) is 44.6 Å². The highest BCUT2D eigenvalue weighted by Gasteiger charge is 2.31. The second-order valence-electron chi connectivity index (χ2n) is 6.49. The number of amides is 2. The molecule has 1 aliphatic rings. The topological polar surface area (TPSA) is 81.2 Å². The lowest BCUT2D eigenvalue weighted by Crippen LogP contribution is -2.49. The minimum Gasteiger partial charge on any atom is -0.369 e. The molecule has 2 atom stereocenters. The minimum atomic E-state index is -0.315. The van der Waals surface area contributed by atoms with Crippen molar-refractivity contribution in [1.29, 1.82) is 0 Å². The summed E-state index contributed by atoms with van der Waals surface area (Å²) in [5, 5.41) is 0.855. The fourth-order valence-electron chi connectivity index (χ4n) is 3.37. The number of primary amides is 1. The predicted octanol–water partition coefficient (Wildman–Crippen LogP) is 2.26. The molecule has 2 aromatic rings. The smallest absolute Gasteiger partial charge is 0.233 e. The van der Waals surface area contributed by atoms with Crippen LogP contribution in [0.25, 0.3) is 11.0 Å². The highest BCUT2D eigenvalue weighted by atomic mass is 32.2. The highest BCUT2D eigenvalue weighted by Crippen LogP contribution is 2.26. The molecule has 1 aromatic carbocycles. The van der Waals surface area contributed by atoms with E-state index in [1.807, 2.05) is 31.2 Å². The molecular formula is C18H24N4O2S. The Balaban J connectivity index is 1.70. The Morgan fingerprint density at radius 1 is 1.32 bits per heavy atom. The molecule has 0 bridgehead atoms. The largest absolute Gasteiger partial charge is 0.369 e. The monoisotopic (exact) mass is 360 g/mol. The van der Waals surface area contributed by atoms with Gasteiger partial charge < -0.3 is 15.2 Å². The van der Waals surface area contributed by atoms with Crippen LogP contribution in [0.2, 0.25) is 0 Å². The molecule has 7 heteroatoms. The molecule has 1 aliphatic heterocycles. The van der Waals surface area contributed by atoms with E-state index in [2.05, 4.69) is 16.5 Å². The quantitative estimate of drug-likeness (QED) is 0.829. The third-order valence-electron chi connectivity index (χ3n) is 4.87. The molecule has 3 rings (SSSR count). The molecule has 25 heavy (non-hydrogen) atoms. The Kier molecular flexibility index (Phi) is 5.32. The van der Waals surface area contributed by atoms with Crippen LogP contribution in [0.1, 0.15) is 26.7 Å². The summed E-state index contributed by atoms with van der Waals surface area (Å²) in [5.41, 5.74) is 7.45. The van der Waals surface area contributed by atoms with Crippen LogP contribution in [0.4, 0.5) is 0 Å². The van der Waals surface area contributed by atoms with Crippen molar-refractivity contribution in [2.75, 3.05) is 12.3 Å². The molecular weight excluding hydrogens is 336 g/mol. The van der Waals surface area contributed by atoms with Gasteiger partial charge in [0.1, 0.15) is 0 Å². The number of nitrogens with zero attached hydrogens (tertiary/aromatic N) is 3. The molecule has 1 saturated heterocycles. The van der Waals surface area contributed by atoms with Gasteiger partial charge in [-0.25, -0.2) is 4.98 Å². The Labute approximate surface area is 151 Å². The molecule has 6 nitrogen and oxygen atoms in total. The molecule has 0 spiro atoms. The zero-order valence-corrected chi connectivity index (χ0v) is 15.5. The van der Waals surface area contributed by atoms with Crippen LogP contribution in [0.15, 0.2) is 29.4 Å². The molecule has 2 unspecified atom stereocenters. The number of imidazole rings is 1. The maximum Gasteiger partial charge on any atom is 0.233 e. The summed E-state index contributed by atoms with van der Waals surface area (Å²) < 4.78 is 2.12. The van der Waals surface area contributed by atoms with Crippen molar-refractivity contribution >= 4 is 34.6 Å². The summed E-state index contributed by atoms with van der Waals surface area (Å²) in [6.45, 7) is 5.34. The fourth-order valence-corrected chi connectivity index (χ4v) is 4.33. The zero-order valence-electron chi connectivity index (χ0n) is 14.6. The van der Waals surface area contributed by atoms with Crippen LogP contribution in [0.5, 0.6) is 0 Å². The van der Waals surface area contributed by atoms with E-state index in [1.165, 1.54) is 11.8 Å². The summed E-state index contributed by atoms with van der Waals surface area (Å²) in [7, 11) is 0. The number of nitrogens with two attached hydrogens (primary N) is 1. The fraction of sp³-hybridized carbons (Fsp3) is 0.500. The number of para-hydroxylation sites is 2. The number of likely N-dealkylation sites (tertiary alicyclic amines) is 1. The Hall–Kier alpha value is -2.02. The van der Waals surface area contributed by atoms with Crippen molar-refractivity contribution in [3.63, 3.8) is 0 Å². The average molecular weight is 360 g/mol. The minimum absolute atomic E-state index is 0.0400. The van der Waals surface area contributed by atoms with Gasteiger partial charge in [-0.1, -0.05) is 23.9 Å². The Morgan fingerprint density at radius 2 is 2.08 bits per heavy atom. The number of benzene rings is 1. The second-order valence-corrected chi connectivity index (χ2v) is 7.43. The van der Waals surface area contributed by atoms with Crippen LogP contribution in [0.3, 0.4) is 0 Å². The number of thioether (sulfide) groups is 1. The van der Waals surface area contributed by atoms with Gasteiger partial charge in [0.2, 0.25) is 11.8 Å². The molecule has 2 N–H and O–H groups in total. The maximum atomic E-state index is 12.7. The first-order valence-corrected chi connectivity index (χ1v) is 9.66. The lowest BCUT2D eigenvalue weighted by Gasteiger charge is -2.36. The molecule has 0 radical (unpaired) electrons. The molecule has 0 saturated carbocycles. The summed E-state index contributed by atoms with van der Waals surface area (Å²) >= 11 is 1.46. The first-order valence-electron chi connectivity index (χ1n) is 8.68. The summed E-state index contributed by atoms with van der Waals surface area (Å²) in [4.78, 5) is 30.6. The van der Waals surface area contributed by atoms with Gasteiger partial charge in [0.15, 0.2) is 5.16 Å². The second kappa shape index (κ2) is 7.47. The number of aromatic nitrogens is 2. The van der Waals surface area contributed by atoms with E-state index >= 15 is 0 Å². The van der Waals surface area contributed by atoms with E-state index in [1.54, 1.807) is 4.90 Å². The van der Waals surface area contributed by atoms with E-state index in [9.17, 15) is 9.59 Å². The number of piperidine rings is 1. The normalized spacial score (nSPS) is 20.8. The number of hydrogen-bond donors (Lipinski definition) is 1. The summed E-state index contributed by atoms with van der Waals surface area (Å²) in [6, 6.07) is 8.14. The predicted molar refractivity (Wildman–Crippen MR) is 99.2 cm³/mol. The molecule has 2 heterocycles. The van der Waals surface area contributed by atoms with Crippen LogP contribution in [-0.2, 0) is 16.1 Å². The number of carbonyl (C=O) groups is 2. The van der Waals surface area contributed by atoms with Gasteiger partial charge in [0.05, 0.1) is 22.7 Å². The van der Waals surface area contributed by atoms with Crippen LogP contribution >= 0.6 is 11.8 Å². The molecule has 0 aliphatic carbocycles. The van der Waals surface area contributed by atoms with E-state index in [0.29, 0.717) is 12.3 Å². The van der Waals surface area contributed by atoms with E-state index in [4.69, 9.17) is 5.73 Å². The van der Waals surface area contributed by atoms with Gasteiger partial charge in [0, 0.05) is 19.1 Å². The van der Waals surface area contributed by atoms with E-state index in [-0.39, 0.29) is 23.8 Å². The molecule has 1 fully saturated rings. The Morgan fingerprint density at radius 3 is 2.80 bits per heavy atom. The molecule has 134 valence electrons. The summed E-state index contributed by atoms with van der Waals surface area (Å²) in [6.07, 6.45) is 1.58. The maximum absolute atomic E-state index is 12.7. The number of aryl methyl sites for hydroxylation is 1. The number of rotatable bonds is 5. The number of fused-ring (bicyclic) bond motifs is 1. The van der Waals surface area contributed by atoms with Crippen molar-refractivity contribution in [2.45, 2.75) is 44.4 Å². The van der Waals surface area contributed by atoms with Gasteiger partial charge in [-0.2, -0.15) is 0 Å². The van der Waals surface area contributed by atoms with Crippen LogP contribution in [0, 0.1) is 5.92 Å². The van der Waals surface area contributed by atoms with Gasteiger partial charge in [-0.05, 0) is 38.8 Å². The molecule has 1 aromatic heterocycles. The highest BCUT2D eigenvalue weighted by molar-refractivity contribution is 7.99. The third-order valence-corrected chi connectivity index (χ3v) is 5.83. The van der Waals surface area contributed by atoms with Gasteiger partial charge in [0.25, 0.3) is 0 Å². The Bertz CT molecular complexity index is 788. The average Bonchev–Trinajstić information content (AvgIpc) is 2.97. The van der Waals surface area contributed by atoms with Crippen molar-refractivity contribution < 1.29 is 9.59 Å². The van der Waals surface area contributed by atoms with Crippen molar-refractivity contribution in [3.05, 3.63) is 24.3 Å². The van der Waals surface area contributed by atoms with Crippen LogP contribution < -0.4 is 5.73 Å². The van der Waals surface area contributed by atoms with Crippen molar-refractivity contribution in [3.8, 4) is 0 Å². The first kappa shape index (κ1) is 17.8. The zero-order chi connectivity index (χ0) is 18.0. The van der Waals surface area contributed by atoms with Gasteiger partial charge in [-0.15, -0.1) is 0 Å². The van der Waals surface area contributed by atoms with Crippen molar-refractivity contribution in [2.24, 2.45) is 11.7 Å². The lowest BCUT2D eigenvalue weighted by atomic mass is 9.93. The van der Waals surface area contributed by atoms with Gasteiger partial charge in [-0.3, -0.25) is 9.59 Å². The molecule has 2 amide bonds. The third kappa shape index (κ3) is 3.66. The van der Waals surface area contributed by atoms with Gasteiger partial charge >= 0.3 is 0 Å². The lowest BCUT2D eigenvalue weighted by molar-refractivity contribution is -0.135.